The van der Waals surface area contributed by atoms with Gasteiger partial charge in [-0.3, -0.25) is 19.1 Å². The molecule has 1 saturated heterocycles. The van der Waals surface area contributed by atoms with Crippen molar-refractivity contribution in [3.8, 4) is 11.1 Å². The molecule has 0 spiro atoms. The first-order chi connectivity index (χ1) is 17.3. The van der Waals surface area contributed by atoms with Crippen molar-refractivity contribution in [3.05, 3.63) is 83.6 Å². The van der Waals surface area contributed by atoms with Crippen LogP contribution in [0.25, 0.3) is 22.0 Å². The third kappa shape index (κ3) is 4.41. The van der Waals surface area contributed by atoms with E-state index in [1.165, 1.54) is 21.9 Å². The average molecular weight is 523 g/mol. The fourth-order valence-electron chi connectivity index (χ4n) is 4.47. The van der Waals surface area contributed by atoms with Gasteiger partial charge in [0.15, 0.2) is 5.03 Å². The van der Waals surface area contributed by atoms with Crippen LogP contribution < -0.4 is 0 Å². The Bertz CT molecular complexity index is 1560. The third-order valence-corrected chi connectivity index (χ3v) is 8.43. The summed E-state index contributed by atoms with van der Waals surface area (Å²) in [6, 6.07) is 17.5. The minimum atomic E-state index is -3.97. The number of fused-ring (bicyclic) bond motifs is 1. The molecule has 36 heavy (non-hydrogen) atoms. The van der Waals surface area contributed by atoms with Crippen LogP contribution in [-0.2, 0) is 10.0 Å². The second-order valence-electron chi connectivity index (χ2n) is 8.55. The van der Waals surface area contributed by atoms with Crippen LogP contribution in [-0.4, -0.2) is 65.2 Å². The first-order valence-electron chi connectivity index (χ1n) is 11.4. The predicted octanol–water partition coefficient (Wildman–Crippen LogP) is 4.16. The predicted molar refractivity (Wildman–Crippen MR) is 138 cm³/mol. The van der Waals surface area contributed by atoms with Crippen molar-refractivity contribution in [2.75, 3.05) is 26.2 Å². The molecule has 0 bridgehead atoms. The van der Waals surface area contributed by atoms with Gasteiger partial charge in [0, 0.05) is 61.5 Å². The molecule has 1 amide bonds. The second kappa shape index (κ2) is 9.50. The Hall–Kier alpha value is -3.53. The van der Waals surface area contributed by atoms with E-state index in [-0.39, 0.29) is 37.1 Å². The molecule has 0 atom stereocenters. The van der Waals surface area contributed by atoms with E-state index < -0.39 is 15.9 Å². The summed E-state index contributed by atoms with van der Waals surface area (Å²) in [4.78, 5) is 31.1. The lowest BCUT2D eigenvalue weighted by molar-refractivity contribution is 0.0698. The summed E-state index contributed by atoms with van der Waals surface area (Å²) in [5, 5.41) is 0.923. The van der Waals surface area contributed by atoms with E-state index in [0.29, 0.717) is 21.5 Å². The molecule has 0 saturated carbocycles. The molecule has 0 N–H and O–H groups in total. The van der Waals surface area contributed by atoms with Crippen molar-refractivity contribution in [2.24, 2.45) is 0 Å². The Morgan fingerprint density at radius 2 is 1.50 bits per heavy atom. The van der Waals surface area contributed by atoms with Gasteiger partial charge in [-0.15, -0.1) is 0 Å². The summed E-state index contributed by atoms with van der Waals surface area (Å²) in [7, 11) is -3.97. The van der Waals surface area contributed by atoms with Gasteiger partial charge in [0.2, 0.25) is 5.91 Å². The molecule has 1 aliphatic rings. The average Bonchev–Trinajstić information content (AvgIpc) is 3.29. The summed E-state index contributed by atoms with van der Waals surface area (Å²) < 4.78 is 29.5. The van der Waals surface area contributed by atoms with Crippen LogP contribution in [0, 0.1) is 0 Å². The minimum absolute atomic E-state index is 0.0984. The molecule has 0 unspecified atom stereocenters. The Morgan fingerprint density at radius 3 is 2.14 bits per heavy atom. The first-order valence-corrected chi connectivity index (χ1v) is 13.2. The molecular formula is C26H23ClN4O4S. The lowest BCUT2D eigenvalue weighted by Gasteiger charge is -2.34. The highest BCUT2D eigenvalue weighted by molar-refractivity contribution is 7.89. The van der Waals surface area contributed by atoms with Crippen LogP contribution in [0.2, 0.25) is 5.02 Å². The summed E-state index contributed by atoms with van der Waals surface area (Å²) in [5.41, 5.74) is 3.01. The SMILES string of the molecule is CC(=O)n1c(S(=O)(=O)N2CCN(C(=O)c3ccc(-c4ccncc4)cc3)CC2)cc2cc(Cl)ccc21. The maximum atomic E-state index is 13.5. The quantitative estimate of drug-likeness (QED) is 0.401. The van der Waals surface area contributed by atoms with Gasteiger partial charge in [-0.25, -0.2) is 8.42 Å². The van der Waals surface area contributed by atoms with E-state index in [1.807, 2.05) is 24.3 Å². The molecule has 8 nitrogen and oxygen atoms in total. The molecule has 5 rings (SSSR count). The van der Waals surface area contributed by atoms with Crippen LogP contribution in [0.1, 0.15) is 22.1 Å². The van der Waals surface area contributed by atoms with Crippen LogP contribution in [0.15, 0.2) is 78.1 Å². The van der Waals surface area contributed by atoms with Gasteiger partial charge < -0.3 is 4.90 Å². The monoisotopic (exact) mass is 522 g/mol. The molecule has 0 aliphatic carbocycles. The number of benzene rings is 2. The Kier molecular flexibility index (Phi) is 6.38. The molecule has 2 aromatic heterocycles. The highest BCUT2D eigenvalue weighted by Gasteiger charge is 2.34. The van der Waals surface area contributed by atoms with Gasteiger partial charge in [-0.1, -0.05) is 23.7 Å². The van der Waals surface area contributed by atoms with Crippen LogP contribution >= 0.6 is 11.6 Å². The molecule has 1 fully saturated rings. The third-order valence-electron chi connectivity index (χ3n) is 6.32. The van der Waals surface area contributed by atoms with Gasteiger partial charge in [-0.2, -0.15) is 4.31 Å². The second-order valence-corrected chi connectivity index (χ2v) is 10.9. The van der Waals surface area contributed by atoms with E-state index in [4.69, 9.17) is 11.6 Å². The lowest BCUT2D eigenvalue weighted by Crippen LogP contribution is -2.50. The molecule has 2 aromatic carbocycles. The van der Waals surface area contributed by atoms with Crippen molar-refractivity contribution >= 4 is 44.3 Å². The zero-order chi connectivity index (χ0) is 25.4. The van der Waals surface area contributed by atoms with E-state index >= 15 is 0 Å². The fraction of sp³-hybridized carbons (Fsp3) is 0.192. The molecular weight excluding hydrogens is 500 g/mol. The van der Waals surface area contributed by atoms with Crippen LogP contribution in [0.3, 0.4) is 0 Å². The van der Waals surface area contributed by atoms with Crippen molar-refractivity contribution in [3.63, 3.8) is 0 Å². The number of carbonyl (C=O) groups excluding carboxylic acids is 2. The molecule has 10 heteroatoms. The van der Waals surface area contributed by atoms with Crippen molar-refractivity contribution in [2.45, 2.75) is 11.9 Å². The molecule has 1 aliphatic heterocycles. The molecule has 0 radical (unpaired) electrons. The normalized spacial score (nSPS) is 14.8. The zero-order valence-electron chi connectivity index (χ0n) is 19.5. The highest BCUT2D eigenvalue weighted by Crippen LogP contribution is 2.29. The van der Waals surface area contributed by atoms with Crippen molar-refractivity contribution in [1.29, 1.82) is 0 Å². The first kappa shape index (κ1) is 24.2. The molecule has 4 aromatic rings. The van der Waals surface area contributed by atoms with Crippen molar-refractivity contribution < 1.29 is 18.0 Å². The number of amides is 1. The number of hydrogen-bond donors (Lipinski definition) is 0. The van der Waals surface area contributed by atoms with Crippen LogP contribution in [0.5, 0.6) is 0 Å². The number of hydrogen-bond acceptors (Lipinski definition) is 5. The molecule has 184 valence electrons. The summed E-state index contributed by atoms with van der Waals surface area (Å²) >= 11 is 6.06. The maximum absolute atomic E-state index is 13.5. The standard InChI is InChI=1S/C26H23ClN4O4S/c1-18(32)31-24-7-6-23(27)16-22(24)17-25(31)36(34,35)30-14-12-29(13-15-30)26(33)21-4-2-19(3-5-21)20-8-10-28-11-9-20/h2-11,16-17H,12-15H2,1H3. The van der Waals surface area contributed by atoms with E-state index in [9.17, 15) is 18.0 Å². The highest BCUT2D eigenvalue weighted by atomic mass is 35.5. The van der Waals surface area contributed by atoms with E-state index in [1.54, 1.807) is 47.6 Å². The number of rotatable bonds is 4. The Balaban J connectivity index is 1.32. The van der Waals surface area contributed by atoms with E-state index in [2.05, 4.69) is 4.98 Å². The topological polar surface area (TPSA) is 92.6 Å². The summed E-state index contributed by atoms with van der Waals surface area (Å²) in [6.07, 6.45) is 3.43. The largest absolute Gasteiger partial charge is 0.336 e. The fourth-order valence-corrected chi connectivity index (χ4v) is 6.29. The number of piperazine rings is 1. The Labute approximate surface area is 213 Å². The Morgan fingerprint density at radius 1 is 0.861 bits per heavy atom. The number of aromatic nitrogens is 2. The number of halogens is 1. The number of carbonyl (C=O) groups is 2. The van der Waals surface area contributed by atoms with Gasteiger partial charge >= 0.3 is 0 Å². The van der Waals surface area contributed by atoms with Gasteiger partial charge in [0.1, 0.15) is 0 Å². The zero-order valence-corrected chi connectivity index (χ0v) is 21.0. The lowest BCUT2D eigenvalue weighted by atomic mass is 10.0. The van der Waals surface area contributed by atoms with Crippen LogP contribution in [0.4, 0.5) is 0 Å². The summed E-state index contributed by atoms with van der Waals surface area (Å²) in [5.74, 6) is -0.559. The summed E-state index contributed by atoms with van der Waals surface area (Å²) in [6.45, 7) is 2.07. The minimum Gasteiger partial charge on any atom is -0.336 e. The number of nitrogens with zero attached hydrogens (tertiary/aromatic N) is 4. The number of sulfonamides is 1. The smallest absolute Gasteiger partial charge is 0.259 e. The van der Waals surface area contributed by atoms with E-state index in [0.717, 1.165) is 11.1 Å². The number of pyridine rings is 1. The van der Waals surface area contributed by atoms with Gasteiger partial charge in [-0.05, 0) is 59.7 Å². The molecule has 3 heterocycles. The van der Waals surface area contributed by atoms with Gasteiger partial charge in [0.25, 0.3) is 15.9 Å². The van der Waals surface area contributed by atoms with Gasteiger partial charge in [0.05, 0.1) is 5.52 Å². The van der Waals surface area contributed by atoms with Crippen molar-refractivity contribution in [1.82, 2.24) is 18.8 Å². The maximum Gasteiger partial charge on any atom is 0.259 e.